The molecule has 0 spiro atoms. The van der Waals surface area contributed by atoms with Crippen molar-refractivity contribution in [2.45, 2.75) is 24.9 Å². The van der Waals surface area contributed by atoms with Gasteiger partial charge in [0.25, 0.3) is 6.02 Å². The predicted octanol–water partition coefficient (Wildman–Crippen LogP) is 2.54. The van der Waals surface area contributed by atoms with E-state index in [1.54, 1.807) is 6.20 Å². The average molecular weight is 314 g/mol. The molecule has 0 bridgehead atoms. The Morgan fingerprint density at radius 3 is 2.78 bits per heavy atom. The fourth-order valence-corrected chi connectivity index (χ4v) is 3.28. The number of amidine groups is 1. The number of nitrogens with zero attached hydrogens (tertiary/aromatic N) is 2. The first-order valence-electron chi connectivity index (χ1n) is 8.33. The number of benzene rings is 1. The van der Waals surface area contributed by atoms with Gasteiger partial charge < -0.3 is 19.1 Å². The molecule has 0 N–H and O–H groups in total. The maximum atomic E-state index is 5.89. The second-order valence-corrected chi connectivity index (χ2v) is 6.21. The lowest BCUT2D eigenvalue weighted by Crippen LogP contribution is -2.28. The van der Waals surface area contributed by atoms with Gasteiger partial charge in [0.2, 0.25) is 0 Å². The molecule has 2 fully saturated rings. The maximum Gasteiger partial charge on any atom is 0.292 e. The van der Waals surface area contributed by atoms with Crippen molar-refractivity contribution in [3.8, 4) is 5.75 Å². The van der Waals surface area contributed by atoms with E-state index in [1.165, 1.54) is 5.56 Å². The summed E-state index contributed by atoms with van der Waals surface area (Å²) in [6, 6.07) is 9.20. The van der Waals surface area contributed by atoms with Crippen molar-refractivity contribution in [2.24, 2.45) is 4.99 Å². The van der Waals surface area contributed by atoms with Crippen LogP contribution in [0, 0.1) is 0 Å². The van der Waals surface area contributed by atoms with Gasteiger partial charge >= 0.3 is 0 Å². The Balaban J connectivity index is 1.30. The molecule has 23 heavy (non-hydrogen) atoms. The number of fused-ring (bicyclic) bond motifs is 1. The van der Waals surface area contributed by atoms with E-state index in [4.69, 9.17) is 14.2 Å². The predicted molar refractivity (Wildman–Crippen MR) is 87.8 cm³/mol. The Bertz CT molecular complexity index is 591. The molecule has 3 heterocycles. The van der Waals surface area contributed by atoms with Crippen LogP contribution in [-0.2, 0) is 9.47 Å². The van der Waals surface area contributed by atoms with Gasteiger partial charge in [-0.3, -0.25) is 0 Å². The Hall–Kier alpha value is -2.01. The van der Waals surface area contributed by atoms with Crippen molar-refractivity contribution >= 4 is 6.02 Å². The number of ether oxygens (including phenoxy) is 3. The molecular weight excluding hydrogens is 292 g/mol. The maximum absolute atomic E-state index is 5.89. The zero-order valence-corrected chi connectivity index (χ0v) is 13.2. The number of hydrogen-bond donors (Lipinski definition) is 0. The first-order valence-corrected chi connectivity index (χ1v) is 8.33. The van der Waals surface area contributed by atoms with Gasteiger partial charge in [-0.25, -0.2) is 4.99 Å². The zero-order valence-electron chi connectivity index (χ0n) is 13.2. The van der Waals surface area contributed by atoms with Gasteiger partial charge in [0.15, 0.2) is 6.10 Å². The van der Waals surface area contributed by atoms with Crippen LogP contribution in [0.25, 0.3) is 0 Å². The SMILES string of the molecule is C1=CN=C2OC(COc3ccc(C4CCOCC4)cc3)CN2C1. The van der Waals surface area contributed by atoms with E-state index in [0.717, 1.165) is 50.9 Å². The smallest absolute Gasteiger partial charge is 0.292 e. The Morgan fingerprint density at radius 1 is 1.17 bits per heavy atom. The molecule has 0 saturated carbocycles. The quantitative estimate of drug-likeness (QED) is 0.856. The summed E-state index contributed by atoms with van der Waals surface area (Å²) in [4.78, 5) is 6.36. The minimum atomic E-state index is 0.0452. The third kappa shape index (κ3) is 3.34. The summed E-state index contributed by atoms with van der Waals surface area (Å²) in [5, 5.41) is 0. The number of hydrogen-bond acceptors (Lipinski definition) is 5. The molecule has 2 saturated heterocycles. The van der Waals surface area contributed by atoms with Crippen molar-refractivity contribution < 1.29 is 14.2 Å². The third-order valence-electron chi connectivity index (χ3n) is 4.59. The van der Waals surface area contributed by atoms with Crippen molar-refractivity contribution in [3.63, 3.8) is 0 Å². The molecule has 5 heteroatoms. The van der Waals surface area contributed by atoms with Gasteiger partial charge in [0, 0.05) is 26.0 Å². The van der Waals surface area contributed by atoms with E-state index < -0.39 is 0 Å². The van der Waals surface area contributed by atoms with Crippen LogP contribution >= 0.6 is 0 Å². The zero-order chi connectivity index (χ0) is 15.5. The first kappa shape index (κ1) is 14.6. The van der Waals surface area contributed by atoms with Crippen molar-refractivity contribution in [1.29, 1.82) is 0 Å². The summed E-state index contributed by atoms with van der Waals surface area (Å²) in [6.07, 6.45) is 6.10. The first-order chi connectivity index (χ1) is 11.4. The monoisotopic (exact) mass is 314 g/mol. The van der Waals surface area contributed by atoms with Crippen LogP contribution in [0.3, 0.4) is 0 Å². The van der Waals surface area contributed by atoms with Gasteiger partial charge in [0.1, 0.15) is 12.4 Å². The standard InChI is InChI=1S/C18H22N2O3/c1-8-19-18-20(9-1)12-17(23-18)13-22-16-4-2-14(3-5-16)15-6-10-21-11-7-15/h1-5,8,15,17H,6-7,9-13H2. The fourth-order valence-electron chi connectivity index (χ4n) is 3.28. The fraction of sp³-hybridized carbons (Fsp3) is 0.500. The summed E-state index contributed by atoms with van der Waals surface area (Å²) >= 11 is 0. The third-order valence-corrected chi connectivity index (χ3v) is 4.59. The van der Waals surface area contributed by atoms with Crippen LogP contribution in [0.2, 0.25) is 0 Å². The van der Waals surface area contributed by atoms with E-state index in [2.05, 4.69) is 34.2 Å². The Morgan fingerprint density at radius 2 is 2.00 bits per heavy atom. The summed E-state index contributed by atoms with van der Waals surface area (Å²) in [7, 11) is 0. The van der Waals surface area contributed by atoms with Crippen LogP contribution in [0.1, 0.15) is 24.3 Å². The van der Waals surface area contributed by atoms with E-state index in [1.807, 2.05) is 6.08 Å². The number of rotatable bonds is 4. The normalized spacial score (nSPS) is 24.1. The van der Waals surface area contributed by atoms with Crippen LogP contribution in [0.15, 0.2) is 41.5 Å². The molecule has 0 aliphatic carbocycles. The van der Waals surface area contributed by atoms with Crippen LogP contribution in [0.4, 0.5) is 0 Å². The summed E-state index contributed by atoms with van der Waals surface area (Å²) in [5.74, 6) is 1.52. The van der Waals surface area contributed by atoms with E-state index in [9.17, 15) is 0 Å². The molecule has 0 aromatic heterocycles. The lowest BCUT2D eigenvalue weighted by Gasteiger charge is -2.22. The molecule has 4 rings (SSSR count). The van der Waals surface area contributed by atoms with Gasteiger partial charge in [-0.05, 0) is 42.5 Å². The van der Waals surface area contributed by atoms with E-state index >= 15 is 0 Å². The molecule has 3 aliphatic rings. The summed E-state index contributed by atoms with van der Waals surface area (Å²) in [6.45, 7) is 4.00. The molecule has 122 valence electrons. The summed E-state index contributed by atoms with van der Waals surface area (Å²) < 4.78 is 17.1. The molecule has 0 amide bonds. The Labute approximate surface area is 136 Å². The highest BCUT2D eigenvalue weighted by molar-refractivity contribution is 5.77. The van der Waals surface area contributed by atoms with Crippen LogP contribution in [-0.4, -0.2) is 49.9 Å². The van der Waals surface area contributed by atoms with Crippen molar-refractivity contribution in [1.82, 2.24) is 4.90 Å². The molecule has 3 aliphatic heterocycles. The van der Waals surface area contributed by atoms with Gasteiger partial charge in [-0.1, -0.05) is 12.1 Å². The lowest BCUT2D eigenvalue weighted by molar-refractivity contribution is 0.0853. The molecule has 1 unspecified atom stereocenters. The topological polar surface area (TPSA) is 43.3 Å². The minimum absolute atomic E-state index is 0.0452. The van der Waals surface area contributed by atoms with E-state index in [0.29, 0.717) is 12.5 Å². The van der Waals surface area contributed by atoms with Crippen molar-refractivity contribution in [2.75, 3.05) is 32.9 Å². The van der Waals surface area contributed by atoms with Gasteiger partial charge in [-0.2, -0.15) is 0 Å². The Kier molecular flexibility index (Phi) is 4.20. The second-order valence-electron chi connectivity index (χ2n) is 6.21. The molecule has 1 aromatic carbocycles. The molecule has 0 radical (unpaired) electrons. The second kappa shape index (κ2) is 6.62. The van der Waals surface area contributed by atoms with Gasteiger partial charge in [0.05, 0.1) is 6.54 Å². The van der Waals surface area contributed by atoms with Gasteiger partial charge in [-0.15, -0.1) is 0 Å². The largest absolute Gasteiger partial charge is 0.490 e. The highest BCUT2D eigenvalue weighted by atomic mass is 16.6. The average Bonchev–Trinajstić information content (AvgIpc) is 3.04. The summed E-state index contributed by atoms with van der Waals surface area (Å²) in [5.41, 5.74) is 1.38. The molecular formula is C18H22N2O3. The van der Waals surface area contributed by atoms with Crippen LogP contribution in [0.5, 0.6) is 5.75 Å². The van der Waals surface area contributed by atoms with Crippen molar-refractivity contribution in [3.05, 3.63) is 42.1 Å². The van der Waals surface area contributed by atoms with Crippen LogP contribution < -0.4 is 4.74 Å². The highest BCUT2D eigenvalue weighted by Crippen LogP contribution is 2.28. The van der Waals surface area contributed by atoms with E-state index in [-0.39, 0.29) is 6.10 Å². The highest BCUT2D eigenvalue weighted by Gasteiger charge is 2.30. The minimum Gasteiger partial charge on any atom is -0.490 e. The number of aliphatic imine (C=N–C) groups is 1. The molecule has 1 aromatic rings. The molecule has 5 nitrogen and oxygen atoms in total. The molecule has 1 atom stereocenters. The lowest BCUT2D eigenvalue weighted by atomic mass is 9.92.